The van der Waals surface area contributed by atoms with Crippen LogP contribution in [0.25, 0.3) is 40.2 Å². The average molecular weight is 504 g/mol. The van der Waals surface area contributed by atoms with Gasteiger partial charge in [0.15, 0.2) is 0 Å². The van der Waals surface area contributed by atoms with Gasteiger partial charge in [-0.25, -0.2) is 0 Å². The maximum atomic E-state index is 2.43. The summed E-state index contributed by atoms with van der Waals surface area (Å²) in [5.41, 5.74) is 3.04. The van der Waals surface area contributed by atoms with Crippen LogP contribution in [0.1, 0.15) is 18.6 Å². The van der Waals surface area contributed by atoms with Crippen LogP contribution in [0.3, 0.4) is 0 Å². The first kappa shape index (κ1) is 17.3. The van der Waals surface area contributed by atoms with Gasteiger partial charge in [0.25, 0.3) is 0 Å². The van der Waals surface area contributed by atoms with Crippen molar-refractivity contribution in [2.45, 2.75) is 27.7 Å². The molecule has 4 heterocycles. The van der Waals surface area contributed by atoms with Crippen LogP contribution < -0.4 is 0 Å². The molecule has 0 nitrogen and oxygen atoms in total. The third kappa shape index (κ3) is 2.67. The first-order valence-electron chi connectivity index (χ1n) is 8.61. The summed E-state index contributed by atoms with van der Waals surface area (Å²) in [5, 5.41) is 2.96. The van der Waals surface area contributed by atoms with Crippen LogP contribution >= 0.6 is 22.7 Å². The van der Waals surface area contributed by atoms with Crippen LogP contribution in [-0.4, -0.2) is 29.0 Å². The summed E-state index contributed by atoms with van der Waals surface area (Å²) in [6.07, 6.45) is 0. The topological polar surface area (TPSA) is 0 Å². The summed E-state index contributed by atoms with van der Waals surface area (Å²) >= 11 is 4.88. The van der Waals surface area contributed by atoms with E-state index in [0.29, 0.717) is 29.0 Å². The van der Waals surface area contributed by atoms with Crippen LogP contribution in [-0.2, 0) is 0 Å². The van der Waals surface area contributed by atoms with Crippen LogP contribution in [0, 0.1) is 27.7 Å². The predicted molar refractivity (Wildman–Crippen MR) is 121 cm³/mol. The minimum absolute atomic E-state index is 0.462. The van der Waals surface area contributed by atoms with Crippen molar-refractivity contribution < 1.29 is 0 Å². The average Bonchev–Trinajstić information content (AvgIpc) is 3.33. The Morgan fingerprint density at radius 3 is 1.38 bits per heavy atom. The molecule has 130 valence electrons. The predicted octanol–water partition coefficient (Wildman–Crippen LogP) is 6.80. The van der Waals surface area contributed by atoms with E-state index in [1.807, 2.05) is 22.7 Å². The normalized spacial score (nSPS) is 11.8. The summed E-state index contributed by atoms with van der Waals surface area (Å²) < 4.78 is 9.16. The van der Waals surface area contributed by atoms with Gasteiger partial charge in [0.1, 0.15) is 0 Å². The molecule has 0 radical (unpaired) electrons. The molecule has 0 atom stereocenters. The molecule has 0 amide bonds. The van der Waals surface area contributed by atoms with Crippen molar-refractivity contribution in [2.24, 2.45) is 0 Å². The SMILES string of the molecule is Cc1cc2c(-c3ccc(C)[se]3)c3sc(C)cc3c(-c3ccc(C)[se]3)c2s1. The van der Waals surface area contributed by atoms with Gasteiger partial charge in [-0.05, 0) is 0 Å². The summed E-state index contributed by atoms with van der Waals surface area (Å²) in [4.78, 5) is 2.84. The molecule has 0 aliphatic heterocycles. The maximum absolute atomic E-state index is 2.43. The van der Waals surface area contributed by atoms with E-state index in [9.17, 15) is 0 Å². The van der Waals surface area contributed by atoms with E-state index in [1.54, 1.807) is 8.87 Å². The van der Waals surface area contributed by atoms with Crippen LogP contribution in [0.15, 0.2) is 36.4 Å². The number of benzene rings is 1. The van der Waals surface area contributed by atoms with E-state index in [1.165, 1.54) is 49.9 Å². The first-order chi connectivity index (χ1) is 12.5. The molecule has 0 saturated carbocycles. The van der Waals surface area contributed by atoms with E-state index in [-0.39, 0.29) is 0 Å². The van der Waals surface area contributed by atoms with Crippen LogP contribution in [0.5, 0.6) is 0 Å². The second-order valence-electron chi connectivity index (χ2n) is 6.77. The zero-order valence-corrected chi connectivity index (χ0v) is 20.2. The number of aryl methyl sites for hydroxylation is 4. The molecule has 5 aromatic rings. The molecule has 0 aliphatic carbocycles. The molecule has 0 aliphatic rings. The number of thiophene rings is 2. The van der Waals surface area contributed by atoms with Gasteiger partial charge in [0.05, 0.1) is 0 Å². The molecule has 0 saturated heterocycles. The molecule has 26 heavy (non-hydrogen) atoms. The van der Waals surface area contributed by atoms with Gasteiger partial charge < -0.3 is 0 Å². The Hall–Kier alpha value is -0.861. The van der Waals surface area contributed by atoms with Crippen molar-refractivity contribution in [3.63, 3.8) is 0 Å². The van der Waals surface area contributed by atoms with Crippen molar-refractivity contribution >= 4 is 71.9 Å². The van der Waals surface area contributed by atoms with Crippen molar-refractivity contribution in [1.29, 1.82) is 0 Å². The summed E-state index contributed by atoms with van der Waals surface area (Å²) in [6, 6.07) is 14.2. The zero-order valence-electron chi connectivity index (χ0n) is 15.1. The second kappa shape index (κ2) is 6.34. The second-order valence-corrected chi connectivity index (χ2v) is 14.7. The fourth-order valence-corrected chi connectivity index (χ4v) is 10.0. The Bertz CT molecular complexity index is 1120. The summed E-state index contributed by atoms with van der Waals surface area (Å²) in [5.74, 6) is 0. The Kier molecular flexibility index (Phi) is 4.21. The van der Waals surface area contributed by atoms with E-state index in [2.05, 4.69) is 64.1 Å². The van der Waals surface area contributed by atoms with Gasteiger partial charge in [-0.1, -0.05) is 0 Å². The van der Waals surface area contributed by atoms with E-state index in [4.69, 9.17) is 0 Å². The third-order valence-electron chi connectivity index (χ3n) is 4.68. The molecule has 4 aromatic heterocycles. The molecular formula is C22H18S2Se2. The molecule has 0 N–H and O–H groups in total. The molecule has 0 unspecified atom stereocenters. The first-order valence-corrected chi connectivity index (χ1v) is 13.7. The third-order valence-corrected chi connectivity index (χ3v) is 11.1. The number of hydrogen-bond acceptors (Lipinski definition) is 2. The Morgan fingerprint density at radius 2 is 1.04 bits per heavy atom. The number of fused-ring (bicyclic) bond motifs is 2. The monoisotopic (exact) mass is 506 g/mol. The molecule has 4 heteroatoms. The summed E-state index contributed by atoms with van der Waals surface area (Å²) in [6.45, 7) is 9.05. The Morgan fingerprint density at radius 1 is 0.615 bits per heavy atom. The molecule has 1 aromatic carbocycles. The van der Waals surface area contributed by atoms with Crippen LogP contribution in [0.4, 0.5) is 0 Å². The molecular weight excluding hydrogens is 486 g/mol. The van der Waals surface area contributed by atoms with Crippen molar-refractivity contribution in [1.82, 2.24) is 0 Å². The quantitative estimate of drug-likeness (QED) is 0.232. The Balaban J connectivity index is 2.00. The van der Waals surface area contributed by atoms with Crippen molar-refractivity contribution in [3.8, 4) is 20.0 Å². The Labute approximate surface area is 173 Å². The van der Waals surface area contributed by atoms with Crippen LogP contribution in [0.2, 0.25) is 0 Å². The van der Waals surface area contributed by atoms with Gasteiger partial charge in [-0.3, -0.25) is 0 Å². The standard InChI is InChI=1S/C22H18S2Se2/c1-11-9-15-19(17-7-5-13(3)25-17)22-16(10-12(2)24-22)20(21(15)23-11)18-8-6-14(4)26-18/h5-10H,1-4H3. The van der Waals surface area contributed by atoms with Gasteiger partial charge >= 0.3 is 175 Å². The minimum atomic E-state index is 0.462. The molecule has 0 fully saturated rings. The van der Waals surface area contributed by atoms with Gasteiger partial charge in [0.2, 0.25) is 0 Å². The van der Waals surface area contributed by atoms with Crippen molar-refractivity contribution in [2.75, 3.05) is 0 Å². The molecule has 0 bridgehead atoms. The van der Waals surface area contributed by atoms with Crippen molar-refractivity contribution in [3.05, 3.63) is 55.0 Å². The van der Waals surface area contributed by atoms with E-state index < -0.39 is 0 Å². The fourth-order valence-electron chi connectivity index (χ4n) is 3.64. The van der Waals surface area contributed by atoms with E-state index >= 15 is 0 Å². The van der Waals surface area contributed by atoms with Gasteiger partial charge in [-0.2, -0.15) is 0 Å². The van der Waals surface area contributed by atoms with Gasteiger partial charge in [-0.15, -0.1) is 0 Å². The number of hydrogen-bond donors (Lipinski definition) is 0. The molecule has 0 spiro atoms. The van der Waals surface area contributed by atoms with E-state index in [0.717, 1.165) is 0 Å². The fraction of sp³-hybridized carbons (Fsp3) is 0.182. The van der Waals surface area contributed by atoms with Gasteiger partial charge in [0, 0.05) is 0 Å². The number of rotatable bonds is 2. The zero-order chi connectivity index (χ0) is 18.0. The molecule has 5 rings (SSSR count). The summed E-state index contributed by atoms with van der Waals surface area (Å²) in [7, 11) is 0.